The number of rotatable bonds is 5. The van der Waals surface area contributed by atoms with Crippen molar-refractivity contribution in [2.45, 2.75) is 24.5 Å². The van der Waals surface area contributed by atoms with E-state index in [4.69, 9.17) is 16.3 Å². The van der Waals surface area contributed by atoms with E-state index in [1.54, 1.807) is 42.6 Å². The molecule has 3 amide bonds. The van der Waals surface area contributed by atoms with Crippen molar-refractivity contribution in [3.8, 4) is 0 Å². The number of carbonyl (C=O) groups is 3. The topological polar surface area (TPSA) is 116 Å². The Kier molecular flexibility index (Phi) is 6.09. The number of halogens is 1. The van der Waals surface area contributed by atoms with Crippen molar-refractivity contribution >= 4 is 46.1 Å². The number of fused-ring (bicyclic) bond motifs is 3. The van der Waals surface area contributed by atoms with Crippen LogP contribution < -0.4 is 15.5 Å². The highest BCUT2D eigenvalue weighted by Crippen LogP contribution is 2.44. The first-order chi connectivity index (χ1) is 18.4. The molecule has 192 valence electrons. The fourth-order valence-electron chi connectivity index (χ4n) is 5.15. The van der Waals surface area contributed by atoms with E-state index in [0.29, 0.717) is 46.9 Å². The van der Waals surface area contributed by atoms with Crippen molar-refractivity contribution < 1.29 is 19.1 Å². The van der Waals surface area contributed by atoms with Crippen LogP contribution in [0.3, 0.4) is 0 Å². The molecule has 1 unspecified atom stereocenters. The number of aromatic nitrogens is 2. The number of aromatic amines is 1. The number of imide groups is 1. The zero-order valence-electron chi connectivity index (χ0n) is 20.2. The fourth-order valence-corrected chi connectivity index (χ4v) is 5.33. The second kappa shape index (κ2) is 9.59. The third-order valence-corrected chi connectivity index (χ3v) is 7.32. The smallest absolute Gasteiger partial charge is 0.422 e. The molecular weight excluding hydrogens is 506 g/mol. The van der Waals surface area contributed by atoms with Gasteiger partial charge in [-0.2, -0.15) is 5.10 Å². The van der Waals surface area contributed by atoms with E-state index >= 15 is 0 Å². The maximum absolute atomic E-state index is 14.0. The maximum atomic E-state index is 14.0. The van der Waals surface area contributed by atoms with Gasteiger partial charge < -0.3 is 15.4 Å². The van der Waals surface area contributed by atoms with E-state index in [2.05, 4.69) is 20.8 Å². The number of nitrogens with one attached hydrogen (secondary N) is 3. The van der Waals surface area contributed by atoms with Crippen LogP contribution in [0, 0.1) is 0 Å². The normalized spacial score (nSPS) is 19.3. The fraction of sp³-hybridized carbons (Fsp3) is 0.214. The molecule has 3 aromatic carbocycles. The average molecular weight is 530 g/mol. The second-order valence-corrected chi connectivity index (χ2v) is 9.95. The molecule has 0 bridgehead atoms. The van der Waals surface area contributed by atoms with Crippen molar-refractivity contribution in [2.75, 3.05) is 18.0 Å². The molecule has 0 aliphatic carbocycles. The summed E-state index contributed by atoms with van der Waals surface area (Å²) in [5.74, 6) is -1.05. The number of hydrogen-bond acceptors (Lipinski definition) is 6. The molecule has 1 spiro atoms. The maximum Gasteiger partial charge on any atom is 0.422 e. The van der Waals surface area contributed by atoms with Gasteiger partial charge >= 0.3 is 6.09 Å². The van der Waals surface area contributed by atoms with Crippen LogP contribution in [0.25, 0.3) is 10.9 Å². The van der Waals surface area contributed by atoms with Crippen molar-refractivity contribution in [3.05, 3.63) is 94.6 Å². The molecule has 2 atom stereocenters. The molecule has 10 heteroatoms. The molecular formula is C28H24ClN5O4. The first kappa shape index (κ1) is 24.1. The Hall–Kier alpha value is -4.21. The van der Waals surface area contributed by atoms with Crippen LogP contribution in [0.5, 0.6) is 0 Å². The molecule has 9 nitrogen and oxygen atoms in total. The molecule has 2 aliphatic heterocycles. The van der Waals surface area contributed by atoms with Gasteiger partial charge in [-0.1, -0.05) is 48.0 Å². The van der Waals surface area contributed by atoms with E-state index in [9.17, 15) is 14.4 Å². The highest BCUT2D eigenvalue weighted by atomic mass is 35.5. The van der Waals surface area contributed by atoms with Gasteiger partial charge in [0.25, 0.3) is 11.8 Å². The molecule has 38 heavy (non-hydrogen) atoms. The summed E-state index contributed by atoms with van der Waals surface area (Å²) in [5, 5.41) is 14.3. The second-order valence-electron chi connectivity index (χ2n) is 9.51. The van der Waals surface area contributed by atoms with Gasteiger partial charge in [-0.3, -0.25) is 14.7 Å². The van der Waals surface area contributed by atoms with Crippen molar-refractivity contribution in [1.82, 2.24) is 20.8 Å². The lowest BCUT2D eigenvalue weighted by Gasteiger charge is -2.40. The van der Waals surface area contributed by atoms with E-state index in [-0.39, 0.29) is 6.42 Å². The third-order valence-electron chi connectivity index (χ3n) is 7.08. The summed E-state index contributed by atoms with van der Waals surface area (Å²) >= 11 is 6.31. The predicted octanol–water partition coefficient (Wildman–Crippen LogP) is 3.93. The molecule has 3 N–H and O–H groups in total. The Morgan fingerprint density at radius 3 is 2.76 bits per heavy atom. The number of benzene rings is 3. The number of H-pyrrole nitrogens is 1. The number of ether oxygens (including phenoxy) is 1. The van der Waals surface area contributed by atoms with Crippen molar-refractivity contribution in [3.63, 3.8) is 0 Å². The van der Waals surface area contributed by atoms with Crippen LogP contribution in [0.15, 0.2) is 72.9 Å². The summed E-state index contributed by atoms with van der Waals surface area (Å²) in [4.78, 5) is 41.8. The van der Waals surface area contributed by atoms with Gasteiger partial charge in [0.2, 0.25) is 0 Å². The Morgan fingerprint density at radius 2 is 1.97 bits per heavy atom. The number of carbonyl (C=O) groups excluding carboxylic acids is 3. The lowest BCUT2D eigenvalue weighted by molar-refractivity contribution is -0.120. The van der Waals surface area contributed by atoms with Crippen molar-refractivity contribution in [1.29, 1.82) is 0 Å². The summed E-state index contributed by atoms with van der Waals surface area (Å²) in [6.45, 7) is 1.09. The van der Waals surface area contributed by atoms with Crippen LogP contribution in [-0.2, 0) is 21.6 Å². The molecule has 4 aromatic rings. The average Bonchev–Trinajstić information content (AvgIpc) is 3.59. The van der Waals surface area contributed by atoms with E-state index < -0.39 is 29.6 Å². The summed E-state index contributed by atoms with van der Waals surface area (Å²) < 4.78 is 5.90. The van der Waals surface area contributed by atoms with Crippen LogP contribution >= 0.6 is 11.6 Å². The first-order valence-electron chi connectivity index (χ1n) is 12.3. The van der Waals surface area contributed by atoms with Gasteiger partial charge in [-0.15, -0.1) is 0 Å². The molecule has 1 saturated heterocycles. The molecule has 2 aliphatic rings. The van der Waals surface area contributed by atoms with Gasteiger partial charge in [0.05, 0.1) is 17.4 Å². The van der Waals surface area contributed by atoms with Crippen LogP contribution in [0.4, 0.5) is 10.5 Å². The molecule has 1 aromatic heterocycles. The molecule has 0 radical (unpaired) electrons. The van der Waals surface area contributed by atoms with Gasteiger partial charge in [-0.25, -0.2) is 9.69 Å². The van der Waals surface area contributed by atoms with Gasteiger partial charge in [0.15, 0.2) is 5.60 Å². The number of hydrogen-bond donors (Lipinski definition) is 3. The monoisotopic (exact) mass is 529 g/mol. The highest BCUT2D eigenvalue weighted by molar-refractivity contribution is 6.31. The Labute approximate surface area is 223 Å². The largest absolute Gasteiger partial charge is 0.436 e. The quantitative estimate of drug-likeness (QED) is 0.361. The minimum absolute atomic E-state index is 0.178. The van der Waals surface area contributed by atoms with Crippen LogP contribution in [-0.4, -0.2) is 47.2 Å². The minimum atomic E-state index is -1.05. The minimum Gasteiger partial charge on any atom is -0.436 e. The predicted molar refractivity (Wildman–Crippen MR) is 142 cm³/mol. The van der Waals surface area contributed by atoms with Crippen LogP contribution in [0.2, 0.25) is 5.02 Å². The lowest BCUT2D eigenvalue weighted by Crippen LogP contribution is -2.56. The third kappa shape index (κ3) is 4.29. The van der Waals surface area contributed by atoms with E-state index in [0.717, 1.165) is 15.8 Å². The van der Waals surface area contributed by atoms with Gasteiger partial charge in [-0.05, 0) is 42.4 Å². The SMILES string of the molecule is O=C(N[C@@H](Cc1ccccc1)C(=O)N1C(=O)OC2(CCNC2)c2cc(Cl)ccc21)c1ccc2cn[nH]c2c1. The first-order valence-corrected chi connectivity index (χ1v) is 12.7. The summed E-state index contributed by atoms with van der Waals surface area (Å²) in [6, 6.07) is 18.4. The molecule has 0 saturated carbocycles. The highest BCUT2D eigenvalue weighted by Gasteiger charge is 2.49. The summed E-state index contributed by atoms with van der Waals surface area (Å²) in [6.07, 6.45) is 1.63. The zero-order valence-corrected chi connectivity index (χ0v) is 21.0. The molecule has 6 rings (SSSR count). The van der Waals surface area contributed by atoms with Gasteiger partial charge in [0.1, 0.15) is 6.04 Å². The molecule has 3 heterocycles. The Bertz CT molecular complexity index is 1550. The lowest BCUT2D eigenvalue weighted by atomic mass is 9.89. The van der Waals surface area contributed by atoms with E-state index in [1.807, 2.05) is 30.3 Å². The number of amides is 3. The van der Waals surface area contributed by atoms with E-state index in [1.165, 1.54) is 0 Å². The van der Waals surface area contributed by atoms with Gasteiger partial charge in [0, 0.05) is 40.9 Å². The Balaban J connectivity index is 1.36. The Morgan fingerprint density at radius 1 is 1.13 bits per heavy atom. The standard InChI is InChI=1S/C28H24ClN5O4/c29-20-8-9-24-21(14-20)28(10-11-30-16-28)38-27(37)34(24)26(36)23(12-17-4-2-1-3-5-17)32-25(35)18-6-7-19-15-31-33-22(19)13-18/h1-9,13-15,23,30H,10-12,16H2,(H,31,33)(H,32,35)/t23-,28?/m0/s1. The summed E-state index contributed by atoms with van der Waals surface area (Å²) in [7, 11) is 0. The number of nitrogens with zero attached hydrogens (tertiary/aromatic N) is 2. The van der Waals surface area contributed by atoms with Crippen molar-refractivity contribution in [2.24, 2.45) is 0 Å². The number of anilines is 1. The molecule has 1 fully saturated rings. The summed E-state index contributed by atoms with van der Waals surface area (Å²) in [5.41, 5.74) is 2.06. The van der Waals surface area contributed by atoms with Crippen LogP contribution in [0.1, 0.15) is 27.9 Å². The zero-order chi connectivity index (χ0) is 26.3.